The molecule has 0 aromatic heterocycles. The van der Waals surface area contributed by atoms with Gasteiger partial charge in [0.05, 0.1) is 0 Å². The summed E-state index contributed by atoms with van der Waals surface area (Å²) in [6, 6.07) is 10.1. The highest BCUT2D eigenvalue weighted by molar-refractivity contribution is 5.14. The molecule has 0 bridgehead atoms. The number of aliphatic hydroxyl groups is 1. The zero-order valence-corrected chi connectivity index (χ0v) is 7.56. The Balaban J connectivity index is 2.20. The average molecular weight is 181 g/mol. The maximum Gasteiger partial charge on any atom is 0.118 e. The maximum atomic E-state index is 8.92. The summed E-state index contributed by atoms with van der Waals surface area (Å²) in [5, 5.41) is 18.3. The average Bonchev–Trinajstić information content (AvgIpc) is 2.19. The molecule has 0 saturated heterocycles. The molecule has 13 heavy (non-hydrogen) atoms. The molecule has 3 nitrogen and oxygen atoms in total. The first-order valence-corrected chi connectivity index (χ1v) is 4.41. The van der Waals surface area contributed by atoms with Crippen LogP contribution in [0.5, 0.6) is 0 Å². The molecule has 1 aromatic carbocycles. The zero-order chi connectivity index (χ0) is 9.52. The van der Waals surface area contributed by atoms with Crippen LogP contribution in [0, 0.1) is 0 Å². The molecule has 1 aromatic rings. The van der Waals surface area contributed by atoms with Crippen LogP contribution in [0.2, 0.25) is 0 Å². The highest BCUT2D eigenvalue weighted by Crippen LogP contribution is 2.02. The van der Waals surface area contributed by atoms with Gasteiger partial charge in [-0.25, -0.2) is 0 Å². The van der Waals surface area contributed by atoms with E-state index >= 15 is 0 Å². The number of aliphatic hydroxyl groups excluding tert-OH is 1. The molecule has 3 heteroatoms. The van der Waals surface area contributed by atoms with Gasteiger partial charge in [0.15, 0.2) is 0 Å². The molecule has 0 fully saturated rings. The predicted molar refractivity (Wildman–Crippen MR) is 50.3 cm³/mol. The fraction of sp³-hybridized carbons (Fsp3) is 0.400. The van der Waals surface area contributed by atoms with E-state index in [1.807, 2.05) is 18.2 Å². The third kappa shape index (κ3) is 4.03. The van der Waals surface area contributed by atoms with Gasteiger partial charge in [-0.2, -0.15) is 5.06 Å². The van der Waals surface area contributed by atoms with Crippen molar-refractivity contribution in [1.82, 2.24) is 5.06 Å². The number of hydrogen-bond donors (Lipinski definition) is 2. The van der Waals surface area contributed by atoms with Gasteiger partial charge in [0.25, 0.3) is 0 Å². The molecule has 2 N–H and O–H groups in total. The van der Waals surface area contributed by atoms with E-state index in [1.54, 1.807) is 0 Å². The van der Waals surface area contributed by atoms with Gasteiger partial charge in [0.2, 0.25) is 0 Å². The lowest BCUT2D eigenvalue weighted by molar-refractivity contribution is -0.142. The van der Waals surface area contributed by atoms with Crippen molar-refractivity contribution in [2.45, 2.75) is 12.8 Å². The largest absolute Gasteiger partial charge is 0.379 e. The second-order valence-electron chi connectivity index (χ2n) is 2.96. The van der Waals surface area contributed by atoms with Crippen molar-refractivity contribution in [1.29, 1.82) is 0 Å². The van der Waals surface area contributed by atoms with Crippen LogP contribution in [0.1, 0.15) is 12.0 Å². The summed E-state index contributed by atoms with van der Waals surface area (Å²) in [6.07, 6.45) is 1.78. The van der Waals surface area contributed by atoms with Crippen molar-refractivity contribution in [3.8, 4) is 0 Å². The van der Waals surface area contributed by atoms with Crippen LogP contribution < -0.4 is 0 Å². The second kappa shape index (κ2) is 5.70. The first-order valence-electron chi connectivity index (χ1n) is 4.41. The van der Waals surface area contributed by atoms with Crippen LogP contribution in [0.25, 0.3) is 0 Å². The summed E-state index contributed by atoms with van der Waals surface area (Å²) in [7, 11) is 0. The van der Waals surface area contributed by atoms with Crippen molar-refractivity contribution in [2.24, 2.45) is 0 Å². The molecule has 0 radical (unpaired) electrons. The SMILES string of the molecule is OCN(O)CCCc1ccccc1. The van der Waals surface area contributed by atoms with Gasteiger partial charge in [0.1, 0.15) is 6.73 Å². The lowest BCUT2D eigenvalue weighted by atomic mass is 10.1. The number of benzene rings is 1. The summed E-state index contributed by atoms with van der Waals surface area (Å²) < 4.78 is 0. The Morgan fingerprint density at radius 2 is 1.85 bits per heavy atom. The quantitative estimate of drug-likeness (QED) is 0.531. The molecule has 0 unspecified atom stereocenters. The summed E-state index contributed by atoms with van der Waals surface area (Å²) in [6.45, 7) is 0.209. The predicted octanol–water partition coefficient (Wildman–Crippen LogP) is 1.26. The van der Waals surface area contributed by atoms with Gasteiger partial charge >= 0.3 is 0 Å². The second-order valence-corrected chi connectivity index (χ2v) is 2.96. The number of hydrogen-bond acceptors (Lipinski definition) is 3. The van der Waals surface area contributed by atoms with Crippen molar-refractivity contribution >= 4 is 0 Å². The molecule has 0 atom stereocenters. The van der Waals surface area contributed by atoms with E-state index in [2.05, 4.69) is 12.1 Å². The number of rotatable bonds is 5. The molecule has 0 saturated carbocycles. The van der Waals surface area contributed by atoms with Gasteiger partial charge in [-0.05, 0) is 18.4 Å². The molecular weight excluding hydrogens is 166 g/mol. The van der Waals surface area contributed by atoms with Crippen molar-refractivity contribution < 1.29 is 10.3 Å². The fourth-order valence-electron chi connectivity index (χ4n) is 1.18. The number of hydroxylamine groups is 2. The standard InChI is InChI=1S/C10H15NO2/c12-9-11(13)8-4-7-10-5-2-1-3-6-10/h1-3,5-6,12-13H,4,7-9H2. The molecule has 1 rings (SSSR count). The number of aryl methyl sites for hydroxylation is 1. The lowest BCUT2D eigenvalue weighted by Gasteiger charge is -2.10. The Hall–Kier alpha value is -0.900. The van der Waals surface area contributed by atoms with Crippen LogP contribution in [0.3, 0.4) is 0 Å². The minimum Gasteiger partial charge on any atom is -0.379 e. The fourth-order valence-corrected chi connectivity index (χ4v) is 1.18. The van der Waals surface area contributed by atoms with E-state index in [1.165, 1.54) is 5.56 Å². The smallest absolute Gasteiger partial charge is 0.118 e. The van der Waals surface area contributed by atoms with Crippen molar-refractivity contribution in [3.05, 3.63) is 35.9 Å². The van der Waals surface area contributed by atoms with Crippen LogP contribution in [0.15, 0.2) is 30.3 Å². The molecule has 0 amide bonds. The minimum atomic E-state index is -0.297. The van der Waals surface area contributed by atoms with E-state index in [9.17, 15) is 0 Å². The van der Waals surface area contributed by atoms with Gasteiger partial charge in [0, 0.05) is 6.54 Å². The highest BCUT2D eigenvalue weighted by atomic mass is 16.5. The Morgan fingerprint density at radius 1 is 1.15 bits per heavy atom. The summed E-state index contributed by atoms with van der Waals surface area (Å²) in [4.78, 5) is 0. The Kier molecular flexibility index (Phi) is 4.46. The minimum absolute atomic E-state index is 0.297. The van der Waals surface area contributed by atoms with E-state index in [-0.39, 0.29) is 6.73 Å². The number of nitrogens with zero attached hydrogens (tertiary/aromatic N) is 1. The molecule has 0 aliphatic heterocycles. The molecule has 72 valence electrons. The van der Waals surface area contributed by atoms with Gasteiger partial charge in [-0.15, -0.1) is 0 Å². The molecular formula is C10H15NO2. The van der Waals surface area contributed by atoms with Crippen LogP contribution in [0.4, 0.5) is 0 Å². The third-order valence-electron chi connectivity index (χ3n) is 1.89. The Morgan fingerprint density at radius 3 is 2.46 bits per heavy atom. The first-order chi connectivity index (χ1) is 6.33. The first kappa shape index (κ1) is 10.2. The van der Waals surface area contributed by atoms with Crippen molar-refractivity contribution in [3.63, 3.8) is 0 Å². The molecule has 0 heterocycles. The van der Waals surface area contributed by atoms with Gasteiger partial charge < -0.3 is 10.3 Å². The highest BCUT2D eigenvalue weighted by Gasteiger charge is 1.97. The van der Waals surface area contributed by atoms with Crippen LogP contribution in [-0.2, 0) is 6.42 Å². The molecule has 0 aliphatic rings. The van der Waals surface area contributed by atoms with E-state index < -0.39 is 0 Å². The normalized spacial score (nSPS) is 10.7. The van der Waals surface area contributed by atoms with E-state index in [4.69, 9.17) is 10.3 Å². The molecule has 0 spiro atoms. The summed E-state index contributed by atoms with van der Waals surface area (Å²) >= 11 is 0. The Labute approximate surface area is 78.2 Å². The van der Waals surface area contributed by atoms with E-state index in [0.29, 0.717) is 6.54 Å². The van der Waals surface area contributed by atoms with Gasteiger partial charge in [-0.1, -0.05) is 30.3 Å². The van der Waals surface area contributed by atoms with E-state index in [0.717, 1.165) is 17.9 Å². The van der Waals surface area contributed by atoms with Gasteiger partial charge in [-0.3, -0.25) is 0 Å². The summed E-state index contributed by atoms with van der Waals surface area (Å²) in [5.41, 5.74) is 1.26. The lowest BCUT2D eigenvalue weighted by Crippen LogP contribution is -2.21. The van der Waals surface area contributed by atoms with Crippen molar-refractivity contribution in [2.75, 3.05) is 13.3 Å². The topological polar surface area (TPSA) is 43.7 Å². The molecule has 0 aliphatic carbocycles. The third-order valence-corrected chi connectivity index (χ3v) is 1.89. The van der Waals surface area contributed by atoms with Crippen LogP contribution in [-0.4, -0.2) is 28.7 Å². The monoisotopic (exact) mass is 181 g/mol. The van der Waals surface area contributed by atoms with Crippen LogP contribution >= 0.6 is 0 Å². The zero-order valence-electron chi connectivity index (χ0n) is 7.56. The maximum absolute atomic E-state index is 8.92. The summed E-state index contributed by atoms with van der Waals surface area (Å²) in [5.74, 6) is 0. The Bertz CT molecular complexity index is 226.